The smallest absolute Gasteiger partial charge is 0.332 e. The molecule has 3 aromatic carbocycles. The van der Waals surface area contributed by atoms with Gasteiger partial charge in [-0.15, -0.1) is 11.3 Å². The number of ether oxygens (including phenoxy) is 1. The molecule has 2 aromatic heterocycles. The standard InChI is InChI=1S/C34H30ClFIN7O3S/c1-42-9-11-43(12-10-42)17-20-5-7-24(8-6-20)40-32(45)30-29-28-31(38-19-39-33(28)48-30)44(34(46)41-29)26-15-27(25(35)14-22(26)16-37)47-18-21-3-2-4-23(36)13-21/h2-8,13-15,19H,9-12,16-18H2,1H3,(H,40,45)(H,41,46). The van der Waals surface area contributed by atoms with Crippen molar-refractivity contribution in [2.75, 3.05) is 48.8 Å². The van der Waals surface area contributed by atoms with Crippen LogP contribution < -0.4 is 20.3 Å². The van der Waals surface area contributed by atoms with Crippen LogP contribution in [0.25, 0.3) is 10.2 Å². The molecule has 0 saturated carbocycles. The number of hydrogen-bond acceptors (Lipinski definition) is 8. The van der Waals surface area contributed by atoms with Crippen molar-refractivity contribution in [2.45, 2.75) is 17.6 Å². The molecule has 2 aliphatic rings. The summed E-state index contributed by atoms with van der Waals surface area (Å²) in [5, 5.41) is 6.82. The van der Waals surface area contributed by atoms with Gasteiger partial charge in [-0.05, 0) is 54.1 Å². The number of benzene rings is 3. The fourth-order valence-corrected chi connectivity index (χ4v) is 7.63. The summed E-state index contributed by atoms with van der Waals surface area (Å²) >= 11 is 9.97. The molecule has 4 heterocycles. The van der Waals surface area contributed by atoms with Crippen molar-refractivity contribution in [1.82, 2.24) is 19.8 Å². The maximum Gasteiger partial charge on any atom is 0.332 e. The predicted molar refractivity (Wildman–Crippen MR) is 196 cm³/mol. The average Bonchev–Trinajstić information content (AvgIpc) is 3.45. The third-order valence-corrected chi connectivity index (χ3v) is 10.6. The highest BCUT2D eigenvalue weighted by Gasteiger charge is 2.35. The Hall–Kier alpha value is -3.89. The van der Waals surface area contributed by atoms with Crippen molar-refractivity contribution >= 4 is 90.6 Å². The Morgan fingerprint density at radius 3 is 2.62 bits per heavy atom. The number of hydrogen-bond donors (Lipinski definition) is 2. The summed E-state index contributed by atoms with van der Waals surface area (Å²) in [5.74, 6) is -0.0534. The van der Waals surface area contributed by atoms with Crippen LogP contribution in [0, 0.1) is 5.82 Å². The zero-order chi connectivity index (χ0) is 33.4. The molecule has 48 heavy (non-hydrogen) atoms. The number of piperazine rings is 1. The van der Waals surface area contributed by atoms with Gasteiger partial charge in [0.1, 0.15) is 34.2 Å². The van der Waals surface area contributed by atoms with Gasteiger partial charge in [0.05, 0.1) is 21.8 Å². The van der Waals surface area contributed by atoms with Gasteiger partial charge < -0.3 is 20.3 Å². The highest BCUT2D eigenvalue weighted by molar-refractivity contribution is 14.1. The van der Waals surface area contributed by atoms with E-state index in [4.69, 9.17) is 16.3 Å². The molecule has 10 nitrogen and oxygen atoms in total. The van der Waals surface area contributed by atoms with Crippen molar-refractivity contribution < 1.29 is 18.7 Å². The SMILES string of the molecule is CN1CCN(Cc2ccc(NC(=O)c3sc4ncnc5c4c3NC(=O)N5c3cc(OCc4cccc(F)c4)c(Cl)cc3CI)cc2)CC1. The van der Waals surface area contributed by atoms with E-state index in [1.54, 1.807) is 24.3 Å². The molecule has 14 heteroatoms. The predicted octanol–water partition coefficient (Wildman–Crippen LogP) is 7.68. The Morgan fingerprint density at radius 1 is 1.08 bits per heavy atom. The lowest BCUT2D eigenvalue weighted by Gasteiger charge is -2.32. The number of anilines is 4. The first-order valence-corrected chi connectivity index (χ1v) is 17.9. The molecule has 7 rings (SSSR count). The summed E-state index contributed by atoms with van der Waals surface area (Å²) < 4.78 is 20.3. The molecule has 2 aliphatic heterocycles. The lowest BCUT2D eigenvalue weighted by atomic mass is 10.1. The van der Waals surface area contributed by atoms with E-state index in [-0.39, 0.29) is 18.3 Å². The second-order valence-electron chi connectivity index (χ2n) is 11.6. The van der Waals surface area contributed by atoms with E-state index >= 15 is 0 Å². The van der Waals surface area contributed by atoms with Gasteiger partial charge in [0.2, 0.25) is 0 Å². The summed E-state index contributed by atoms with van der Waals surface area (Å²) in [4.78, 5) is 43.4. The Kier molecular flexibility index (Phi) is 9.47. The van der Waals surface area contributed by atoms with Crippen LogP contribution in [0.3, 0.4) is 0 Å². The zero-order valence-corrected chi connectivity index (χ0v) is 29.5. The Morgan fingerprint density at radius 2 is 1.88 bits per heavy atom. The van der Waals surface area contributed by atoms with Crippen molar-refractivity contribution in [3.05, 3.63) is 99.4 Å². The molecule has 5 aromatic rings. The first-order valence-electron chi connectivity index (χ1n) is 15.2. The molecular formula is C34H30ClFIN7O3S. The monoisotopic (exact) mass is 797 g/mol. The molecule has 0 bridgehead atoms. The molecule has 0 radical (unpaired) electrons. The third kappa shape index (κ3) is 6.69. The molecule has 2 N–H and O–H groups in total. The normalized spacial score (nSPS) is 15.1. The number of likely N-dealkylation sites (N-methyl/N-ethyl adjacent to an activating group) is 1. The molecule has 3 amide bonds. The van der Waals surface area contributed by atoms with Gasteiger partial charge in [-0.25, -0.2) is 24.1 Å². The number of aromatic nitrogens is 2. The largest absolute Gasteiger partial charge is 0.487 e. The van der Waals surface area contributed by atoms with E-state index in [9.17, 15) is 14.0 Å². The number of amides is 3. The Bertz CT molecular complexity index is 2020. The minimum Gasteiger partial charge on any atom is -0.487 e. The highest BCUT2D eigenvalue weighted by atomic mass is 127. The van der Waals surface area contributed by atoms with E-state index in [0.717, 1.165) is 38.3 Å². The van der Waals surface area contributed by atoms with Crippen LogP contribution in [0.5, 0.6) is 5.75 Å². The molecule has 0 aliphatic carbocycles. The van der Waals surface area contributed by atoms with Gasteiger partial charge in [-0.1, -0.05) is 58.5 Å². The molecule has 0 unspecified atom stereocenters. The summed E-state index contributed by atoms with van der Waals surface area (Å²) in [6.45, 7) is 5.11. The molecular weight excluding hydrogens is 768 g/mol. The zero-order valence-electron chi connectivity index (χ0n) is 25.8. The molecule has 0 spiro atoms. The number of thiophene rings is 1. The quantitative estimate of drug-likeness (QED) is 0.117. The average molecular weight is 798 g/mol. The first kappa shape index (κ1) is 32.6. The van der Waals surface area contributed by atoms with Crippen LogP contribution in [0.4, 0.5) is 32.1 Å². The van der Waals surface area contributed by atoms with E-state index in [0.29, 0.717) is 58.7 Å². The van der Waals surface area contributed by atoms with Gasteiger partial charge >= 0.3 is 6.03 Å². The molecule has 1 saturated heterocycles. The van der Waals surface area contributed by atoms with Gasteiger partial charge in [0.15, 0.2) is 5.82 Å². The van der Waals surface area contributed by atoms with Crippen LogP contribution in [0.2, 0.25) is 5.02 Å². The van der Waals surface area contributed by atoms with Gasteiger partial charge in [-0.2, -0.15) is 0 Å². The maximum atomic E-state index is 13.8. The van der Waals surface area contributed by atoms with Crippen molar-refractivity contribution in [3.8, 4) is 5.75 Å². The van der Waals surface area contributed by atoms with E-state index < -0.39 is 6.03 Å². The van der Waals surface area contributed by atoms with Crippen molar-refractivity contribution in [1.29, 1.82) is 0 Å². The van der Waals surface area contributed by atoms with Crippen LogP contribution in [-0.2, 0) is 17.6 Å². The summed E-state index contributed by atoms with van der Waals surface area (Å²) in [6, 6.07) is 16.9. The molecule has 1 fully saturated rings. The number of halogens is 3. The van der Waals surface area contributed by atoms with Crippen LogP contribution in [0.15, 0.2) is 67.0 Å². The lowest BCUT2D eigenvalue weighted by Crippen LogP contribution is -2.43. The topological polar surface area (TPSA) is 103 Å². The Labute approximate surface area is 299 Å². The number of carbonyl (C=O) groups is 2. The summed E-state index contributed by atoms with van der Waals surface area (Å²) in [7, 11) is 2.14. The number of alkyl halides is 1. The van der Waals surface area contributed by atoms with E-state index in [1.165, 1.54) is 40.3 Å². The fraction of sp³-hybridized carbons (Fsp3) is 0.235. The number of rotatable bonds is 9. The summed E-state index contributed by atoms with van der Waals surface area (Å²) in [6.07, 6.45) is 1.38. The van der Waals surface area contributed by atoms with Gasteiger partial charge in [-0.3, -0.25) is 9.69 Å². The van der Waals surface area contributed by atoms with E-state index in [1.807, 2.05) is 24.3 Å². The second-order valence-corrected chi connectivity index (χ2v) is 13.8. The molecule has 246 valence electrons. The lowest BCUT2D eigenvalue weighted by molar-refractivity contribution is 0.103. The fourth-order valence-electron chi connectivity index (χ4n) is 5.79. The highest BCUT2D eigenvalue weighted by Crippen LogP contribution is 2.47. The maximum absolute atomic E-state index is 13.8. The number of nitrogens with one attached hydrogen (secondary N) is 2. The minimum absolute atomic E-state index is 0.0799. The first-order chi connectivity index (χ1) is 23.3. The van der Waals surface area contributed by atoms with Crippen LogP contribution in [-0.4, -0.2) is 64.9 Å². The van der Waals surface area contributed by atoms with Crippen LogP contribution in [0.1, 0.15) is 26.4 Å². The van der Waals surface area contributed by atoms with Crippen molar-refractivity contribution in [3.63, 3.8) is 0 Å². The number of urea groups is 1. The second kappa shape index (κ2) is 13.9. The summed E-state index contributed by atoms with van der Waals surface area (Å²) in [5.41, 5.74) is 4.11. The van der Waals surface area contributed by atoms with E-state index in [2.05, 4.69) is 60.0 Å². The number of nitrogens with zero attached hydrogens (tertiary/aromatic N) is 5. The number of carbonyl (C=O) groups excluding carboxylic acids is 2. The minimum atomic E-state index is -0.493. The van der Waals surface area contributed by atoms with Crippen molar-refractivity contribution in [2.24, 2.45) is 0 Å². The van der Waals surface area contributed by atoms with Gasteiger partial charge in [0, 0.05) is 48.9 Å². The van der Waals surface area contributed by atoms with Gasteiger partial charge in [0.25, 0.3) is 5.91 Å². The molecule has 0 atom stereocenters. The Balaban J connectivity index is 1.15. The third-order valence-electron chi connectivity index (χ3n) is 8.34. The van der Waals surface area contributed by atoms with Crippen LogP contribution >= 0.6 is 45.5 Å².